The number of hydrogen-bond donors (Lipinski definition) is 1. The summed E-state index contributed by atoms with van der Waals surface area (Å²) in [5.74, 6) is 0. The van der Waals surface area contributed by atoms with Gasteiger partial charge in [-0.15, -0.1) is 11.3 Å². The zero-order valence-corrected chi connectivity index (χ0v) is 15.8. The lowest BCUT2D eigenvalue weighted by Gasteiger charge is -2.14. The number of H-pyrrole nitrogens is 1. The van der Waals surface area contributed by atoms with E-state index in [2.05, 4.69) is 25.8 Å². The van der Waals surface area contributed by atoms with Crippen LogP contribution in [0.1, 0.15) is 31.2 Å². The Labute approximate surface area is 152 Å². The monoisotopic (exact) mass is 382 g/mol. The summed E-state index contributed by atoms with van der Waals surface area (Å²) in [5.41, 5.74) is -0.177. The largest absolute Gasteiger partial charge is 0.329 e. The summed E-state index contributed by atoms with van der Waals surface area (Å²) in [5, 5.41) is 1.46. The van der Waals surface area contributed by atoms with Gasteiger partial charge in [0.2, 0.25) is 0 Å². The van der Waals surface area contributed by atoms with Gasteiger partial charge in [0.15, 0.2) is 0 Å². The van der Waals surface area contributed by atoms with Crippen molar-refractivity contribution in [2.24, 2.45) is 0 Å². The lowest BCUT2D eigenvalue weighted by Crippen LogP contribution is -2.35. The Bertz CT molecular complexity index is 1040. The molecule has 0 atom stereocenters. The average Bonchev–Trinajstić information content (AvgIpc) is 2.89. The summed E-state index contributed by atoms with van der Waals surface area (Å²) in [4.78, 5) is 29.5. The third-order valence-electron chi connectivity index (χ3n) is 3.76. The first-order valence-corrected chi connectivity index (χ1v) is 8.95. The van der Waals surface area contributed by atoms with Crippen molar-refractivity contribution in [1.82, 2.24) is 9.55 Å². The molecule has 0 aliphatic carbocycles. The standard InChI is InChI=1S/C17H16Cl2N2O2S/c1-17(2,3)13-7-11-14(24-13)20-16(23)21(15(11)22)8-9-4-5-10(18)6-12(9)19/h4-7H,8H2,1-3H3,(H,20,23). The Morgan fingerprint density at radius 3 is 2.50 bits per heavy atom. The van der Waals surface area contributed by atoms with Gasteiger partial charge in [0.05, 0.1) is 11.9 Å². The average molecular weight is 383 g/mol. The Hall–Kier alpha value is -1.56. The predicted molar refractivity (Wildman–Crippen MR) is 101 cm³/mol. The van der Waals surface area contributed by atoms with Gasteiger partial charge in [-0.3, -0.25) is 14.3 Å². The number of aromatic amines is 1. The van der Waals surface area contributed by atoms with Gasteiger partial charge < -0.3 is 0 Å². The summed E-state index contributed by atoms with van der Waals surface area (Å²) in [6, 6.07) is 6.86. The molecule has 3 rings (SSSR count). The fourth-order valence-electron chi connectivity index (χ4n) is 2.38. The molecule has 1 N–H and O–H groups in total. The highest BCUT2D eigenvalue weighted by molar-refractivity contribution is 7.18. The molecule has 0 saturated heterocycles. The van der Waals surface area contributed by atoms with Crippen LogP contribution in [-0.4, -0.2) is 9.55 Å². The Kier molecular flexibility index (Phi) is 4.36. The van der Waals surface area contributed by atoms with Gasteiger partial charge in [0.1, 0.15) is 4.83 Å². The van der Waals surface area contributed by atoms with Crippen molar-refractivity contribution < 1.29 is 0 Å². The van der Waals surface area contributed by atoms with Crippen LogP contribution in [0.2, 0.25) is 10.0 Å². The number of halogens is 2. The number of fused-ring (bicyclic) bond motifs is 1. The van der Waals surface area contributed by atoms with Crippen LogP contribution in [-0.2, 0) is 12.0 Å². The molecular formula is C17H16Cl2N2O2S. The third-order valence-corrected chi connectivity index (χ3v) is 5.82. The summed E-state index contributed by atoms with van der Waals surface area (Å²) in [6.45, 7) is 6.31. The molecule has 2 aromatic heterocycles. The molecule has 3 aromatic rings. The van der Waals surface area contributed by atoms with Gasteiger partial charge in [-0.25, -0.2) is 4.79 Å². The van der Waals surface area contributed by atoms with Crippen molar-refractivity contribution in [2.75, 3.05) is 0 Å². The van der Waals surface area contributed by atoms with E-state index in [9.17, 15) is 9.59 Å². The summed E-state index contributed by atoms with van der Waals surface area (Å²) >= 11 is 13.5. The number of rotatable bonds is 2. The van der Waals surface area contributed by atoms with Crippen LogP contribution in [0.3, 0.4) is 0 Å². The minimum absolute atomic E-state index is 0.0860. The minimum Gasteiger partial charge on any atom is -0.298 e. The maximum Gasteiger partial charge on any atom is 0.329 e. The fourth-order valence-corrected chi connectivity index (χ4v) is 3.94. The van der Waals surface area contributed by atoms with Gasteiger partial charge >= 0.3 is 5.69 Å². The number of aromatic nitrogens is 2. The van der Waals surface area contributed by atoms with Crippen molar-refractivity contribution >= 4 is 44.8 Å². The van der Waals surface area contributed by atoms with Crippen LogP contribution in [0.15, 0.2) is 33.9 Å². The van der Waals surface area contributed by atoms with Gasteiger partial charge in [-0.05, 0) is 29.2 Å². The first-order valence-electron chi connectivity index (χ1n) is 7.38. The SMILES string of the molecule is CC(C)(C)c1cc2c(=O)n(Cc3ccc(Cl)cc3Cl)c(=O)[nH]c2s1. The summed E-state index contributed by atoms with van der Waals surface area (Å²) < 4.78 is 1.16. The van der Waals surface area contributed by atoms with E-state index in [1.165, 1.54) is 11.3 Å². The second kappa shape index (κ2) is 6.06. The second-order valence-corrected chi connectivity index (χ2v) is 8.56. The molecule has 0 amide bonds. The molecule has 0 unspecified atom stereocenters. The third kappa shape index (κ3) is 3.16. The van der Waals surface area contributed by atoms with Crippen molar-refractivity contribution in [1.29, 1.82) is 0 Å². The number of hydrogen-bond acceptors (Lipinski definition) is 3. The number of nitrogens with one attached hydrogen (secondary N) is 1. The van der Waals surface area contributed by atoms with Crippen molar-refractivity contribution in [3.05, 3.63) is 65.6 Å². The van der Waals surface area contributed by atoms with Crippen LogP contribution in [0.25, 0.3) is 10.2 Å². The molecule has 126 valence electrons. The maximum atomic E-state index is 12.8. The van der Waals surface area contributed by atoms with E-state index < -0.39 is 5.69 Å². The number of benzene rings is 1. The zero-order chi connectivity index (χ0) is 17.6. The fraction of sp³-hybridized carbons (Fsp3) is 0.294. The molecule has 0 radical (unpaired) electrons. The molecule has 24 heavy (non-hydrogen) atoms. The van der Waals surface area contributed by atoms with Gasteiger partial charge in [0.25, 0.3) is 5.56 Å². The van der Waals surface area contributed by atoms with E-state index in [1.54, 1.807) is 18.2 Å². The van der Waals surface area contributed by atoms with E-state index in [0.717, 1.165) is 9.44 Å². The lowest BCUT2D eigenvalue weighted by atomic mass is 9.94. The quantitative estimate of drug-likeness (QED) is 0.713. The van der Waals surface area contributed by atoms with Gasteiger partial charge in [0, 0.05) is 14.9 Å². The van der Waals surface area contributed by atoms with Crippen LogP contribution >= 0.6 is 34.5 Å². The first-order chi connectivity index (χ1) is 11.2. The Morgan fingerprint density at radius 2 is 1.88 bits per heavy atom. The van der Waals surface area contributed by atoms with Crippen LogP contribution in [0.4, 0.5) is 0 Å². The predicted octanol–water partition coefficient (Wildman–Crippen LogP) is 4.40. The van der Waals surface area contributed by atoms with Gasteiger partial charge in [-0.1, -0.05) is 50.0 Å². The second-order valence-electron chi connectivity index (χ2n) is 6.66. The molecule has 1 aromatic carbocycles. The van der Waals surface area contributed by atoms with E-state index in [4.69, 9.17) is 23.2 Å². The summed E-state index contributed by atoms with van der Waals surface area (Å²) in [7, 11) is 0. The molecule has 4 nitrogen and oxygen atoms in total. The highest BCUT2D eigenvalue weighted by Gasteiger charge is 2.20. The zero-order valence-electron chi connectivity index (χ0n) is 13.4. The molecular weight excluding hydrogens is 367 g/mol. The maximum absolute atomic E-state index is 12.8. The molecule has 2 heterocycles. The lowest BCUT2D eigenvalue weighted by molar-refractivity contribution is 0.604. The van der Waals surface area contributed by atoms with Crippen molar-refractivity contribution in [3.8, 4) is 0 Å². The van der Waals surface area contributed by atoms with Crippen LogP contribution < -0.4 is 11.2 Å². The molecule has 0 bridgehead atoms. The highest BCUT2D eigenvalue weighted by Crippen LogP contribution is 2.31. The molecule has 0 spiro atoms. The number of thiophene rings is 1. The normalized spacial score (nSPS) is 12.0. The van der Waals surface area contributed by atoms with E-state index in [0.29, 0.717) is 25.8 Å². The van der Waals surface area contributed by atoms with Crippen molar-refractivity contribution in [2.45, 2.75) is 32.7 Å². The molecule has 7 heteroatoms. The van der Waals surface area contributed by atoms with Crippen LogP contribution in [0, 0.1) is 0 Å². The highest BCUT2D eigenvalue weighted by atomic mass is 35.5. The molecule has 0 aliphatic rings. The molecule has 0 aliphatic heterocycles. The Morgan fingerprint density at radius 1 is 1.17 bits per heavy atom. The van der Waals surface area contributed by atoms with Crippen LogP contribution in [0.5, 0.6) is 0 Å². The van der Waals surface area contributed by atoms with E-state index >= 15 is 0 Å². The molecule has 0 fully saturated rings. The number of nitrogens with zero attached hydrogens (tertiary/aromatic N) is 1. The van der Waals surface area contributed by atoms with E-state index in [1.807, 2.05) is 6.07 Å². The minimum atomic E-state index is -0.444. The smallest absolute Gasteiger partial charge is 0.298 e. The van der Waals surface area contributed by atoms with Crippen molar-refractivity contribution in [3.63, 3.8) is 0 Å². The van der Waals surface area contributed by atoms with Gasteiger partial charge in [-0.2, -0.15) is 0 Å². The van der Waals surface area contributed by atoms with E-state index in [-0.39, 0.29) is 17.5 Å². The molecule has 0 saturated carbocycles. The topological polar surface area (TPSA) is 54.9 Å². The first kappa shape index (κ1) is 17.3. The summed E-state index contributed by atoms with van der Waals surface area (Å²) in [6.07, 6.45) is 0. The Balaban J connectivity index is 2.15.